The molecule has 0 atom stereocenters. The number of rotatable bonds is 4. The molecular weight excluding hydrogens is 292 g/mol. The number of nitrogens with one attached hydrogen (secondary N) is 1. The summed E-state index contributed by atoms with van der Waals surface area (Å²) in [7, 11) is 1.57. The summed E-state index contributed by atoms with van der Waals surface area (Å²) in [4.78, 5) is 23.1. The summed E-state index contributed by atoms with van der Waals surface area (Å²) in [5.41, 5.74) is 0.573. The van der Waals surface area contributed by atoms with E-state index in [1.165, 1.54) is 0 Å². The fourth-order valence-electron chi connectivity index (χ4n) is 2.77. The van der Waals surface area contributed by atoms with Gasteiger partial charge in [-0.2, -0.15) is 0 Å². The number of methoxy groups -OCH3 is 1. The van der Waals surface area contributed by atoms with E-state index in [4.69, 9.17) is 4.74 Å². The Bertz CT molecular complexity index is 655. The smallest absolute Gasteiger partial charge is 0.255 e. The van der Waals surface area contributed by atoms with Crippen LogP contribution < -0.4 is 15.0 Å². The van der Waals surface area contributed by atoms with E-state index in [9.17, 15) is 4.79 Å². The van der Waals surface area contributed by atoms with Crippen molar-refractivity contribution in [1.82, 2.24) is 15.3 Å². The molecule has 1 aromatic heterocycles. The lowest BCUT2D eigenvalue weighted by molar-refractivity contribution is 0.0928. The number of hydrogen-bond donors (Lipinski definition) is 1. The van der Waals surface area contributed by atoms with E-state index in [2.05, 4.69) is 20.2 Å². The number of carbonyl (C=O) groups excluding carboxylic acids is 1. The molecule has 1 amide bonds. The Kier molecular flexibility index (Phi) is 4.71. The monoisotopic (exact) mass is 312 g/mol. The van der Waals surface area contributed by atoms with Gasteiger partial charge in [0.1, 0.15) is 5.75 Å². The largest absolute Gasteiger partial charge is 0.496 e. The van der Waals surface area contributed by atoms with E-state index in [1.807, 2.05) is 18.2 Å². The summed E-state index contributed by atoms with van der Waals surface area (Å²) in [6.45, 7) is 1.67. The number of carbonyl (C=O) groups is 1. The van der Waals surface area contributed by atoms with Crippen LogP contribution in [0.3, 0.4) is 0 Å². The maximum Gasteiger partial charge on any atom is 0.255 e. The molecule has 0 radical (unpaired) electrons. The maximum atomic E-state index is 12.4. The van der Waals surface area contributed by atoms with E-state index in [-0.39, 0.29) is 11.9 Å². The van der Waals surface area contributed by atoms with Crippen LogP contribution in [0.15, 0.2) is 42.7 Å². The second-order valence-corrected chi connectivity index (χ2v) is 5.48. The summed E-state index contributed by atoms with van der Waals surface area (Å²) in [5, 5.41) is 3.10. The van der Waals surface area contributed by atoms with Crippen molar-refractivity contribution in [3.05, 3.63) is 48.3 Å². The minimum atomic E-state index is -0.0862. The summed E-state index contributed by atoms with van der Waals surface area (Å²) < 4.78 is 5.24. The lowest BCUT2D eigenvalue weighted by Gasteiger charge is -2.32. The fourth-order valence-corrected chi connectivity index (χ4v) is 2.77. The Labute approximate surface area is 135 Å². The first-order valence-corrected chi connectivity index (χ1v) is 7.74. The van der Waals surface area contributed by atoms with Gasteiger partial charge < -0.3 is 15.0 Å². The molecule has 2 heterocycles. The third kappa shape index (κ3) is 3.59. The minimum Gasteiger partial charge on any atom is -0.496 e. The number of hydrogen-bond acceptors (Lipinski definition) is 5. The van der Waals surface area contributed by atoms with Crippen molar-refractivity contribution in [3.63, 3.8) is 0 Å². The number of ether oxygens (including phenoxy) is 1. The van der Waals surface area contributed by atoms with E-state index >= 15 is 0 Å². The highest BCUT2D eigenvalue weighted by Crippen LogP contribution is 2.19. The Hall–Kier alpha value is -2.63. The molecule has 1 aromatic carbocycles. The van der Waals surface area contributed by atoms with Crippen molar-refractivity contribution in [1.29, 1.82) is 0 Å². The number of piperidine rings is 1. The molecule has 0 aliphatic carbocycles. The number of amides is 1. The summed E-state index contributed by atoms with van der Waals surface area (Å²) >= 11 is 0. The van der Waals surface area contributed by atoms with Gasteiger partial charge in [-0.25, -0.2) is 9.97 Å². The molecule has 0 unspecified atom stereocenters. The van der Waals surface area contributed by atoms with Crippen LogP contribution in [0.5, 0.6) is 5.75 Å². The quantitative estimate of drug-likeness (QED) is 0.934. The Morgan fingerprint density at radius 2 is 1.87 bits per heavy atom. The molecule has 1 aliphatic rings. The Balaban J connectivity index is 1.57. The van der Waals surface area contributed by atoms with Gasteiger partial charge in [0, 0.05) is 31.5 Å². The van der Waals surface area contributed by atoms with Crippen LogP contribution in [0.1, 0.15) is 23.2 Å². The van der Waals surface area contributed by atoms with Crippen molar-refractivity contribution in [2.75, 3.05) is 25.1 Å². The van der Waals surface area contributed by atoms with Gasteiger partial charge in [0.2, 0.25) is 5.95 Å². The molecule has 120 valence electrons. The van der Waals surface area contributed by atoms with E-state index in [0.717, 1.165) is 31.9 Å². The predicted octanol–water partition coefficient (Wildman–Crippen LogP) is 1.88. The SMILES string of the molecule is COc1ccccc1C(=O)NC1CCN(c2ncccn2)CC1. The van der Waals surface area contributed by atoms with Crippen molar-refractivity contribution >= 4 is 11.9 Å². The van der Waals surface area contributed by atoms with Crippen LogP contribution in [-0.4, -0.2) is 42.1 Å². The summed E-state index contributed by atoms with van der Waals surface area (Å²) in [6.07, 6.45) is 5.24. The van der Waals surface area contributed by atoms with Gasteiger partial charge >= 0.3 is 0 Å². The molecular formula is C17H20N4O2. The molecule has 0 saturated carbocycles. The Morgan fingerprint density at radius 3 is 2.57 bits per heavy atom. The molecule has 0 spiro atoms. The zero-order valence-corrected chi connectivity index (χ0v) is 13.1. The van der Waals surface area contributed by atoms with Gasteiger partial charge in [0.05, 0.1) is 12.7 Å². The van der Waals surface area contributed by atoms with Crippen molar-refractivity contribution in [2.24, 2.45) is 0 Å². The van der Waals surface area contributed by atoms with Crippen LogP contribution in [-0.2, 0) is 0 Å². The van der Waals surface area contributed by atoms with Crippen LogP contribution in [0.2, 0.25) is 0 Å². The topological polar surface area (TPSA) is 67.3 Å². The van der Waals surface area contributed by atoms with Crippen LogP contribution in [0.25, 0.3) is 0 Å². The highest BCUT2D eigenvalue weighted by molar-refractivity contribution is 5.97. The molecule has 2 aromatic rings. The van der Waals surface area contributed by atoms with Crippen molar-refractivity contribution in [2.45, 2.75) is 18.9 Å². The standard InChI is InChI=1S/C17H20N4O2/c1-23-15-6-3-2-5-14(15)16(22)20-13-7-11-21(12-8-13)17-18-9-4-10-19-17/h2-6,9-10,13H,7-8,11-12H2,1H3,(H,20,22). The van der Waals surface area contributed by atoms with Crippen molar-refractivity contribution < 1.29 is 9.53 Å². The Morgan fingerprint density at radius 1 is 1.17 bits per heavy atom. The predicted molar refractivity (Wildman–Crippen MR) is 87.7 cm³/mol. The number of nitrogens with zero attached hydrogens (tertiary/aromatic N) is 3. The van der Waals surface area contributed by atoms with Crippen LogP contribution in [0, 0.1) is 0 Å². The average molecular weight is 312 g/mol. The molecule has 3 rings (SSSR count). The average Bonchev–Trinajstić information content (AvgIpc) is 2.63. The van der Waals surface area contributed by atoms with Crippen LogP contribution in [0.4, 0.5) is 5.95 Å². The first kappa shape index (κ1) is 15.3. The molecule has 6 heteroatoms. The van der Waals surface area contributed by atoms with Gasteiger partial charge in [-0.05, 0) is 31.0 Å². The first-order valence-electron chi connectivity index (χ1n) is 7.74. The molecule has 1 saturated heterocycles. The lowest BCUT2D eigenvalue weighted by Crippen LogP contribution is -2.45. The molecule has 23 heavy (non-hydrogen) atoms. The van der Waals surface area contributed by atoms with Gasteiger partial charge in [0.15, 0.2) is 0 Å². The molecule has 1 fully saturated rings. The van der Waals surface area contributed by atoms with Gasteiger partial charge in [0.25, 0.3) is 5.91 Å². The summed E-state index contributed by atoms with van der Waals surface area (Å²) in [5.74, 6) is 1.26. The number of para-hydroxylation sites is 1. The van der Waals surface area contributed by atoms with Gasteiger partial charge in [-0.1, -0.05) is 12.1 Å². The van der Waals surface area contributed by atoms with E-state index in [1.54, 1.807) is 31.6 Å². The van der Waals surface area contributed by atoms with Crippen LogP contribution >= 0.6 is 0 Å². The highest BCUT2D eigenvalue weighted by Gasteiger charge is 2.23. The normalized spacial score (nSPS) is 15.3. The second-order valence-electron chi connectivity index (χ2n) is 5.48. The van der Waals surface area contributed by atoms with E-state index in [0.29, 0.717) is 11.3 Å². The minimum absolute atomic E-state index is 0.0862. The van der Waals surface area contributed by atoms with E-state index < -0.39 is 0 Å². The lowest BCUT2D eigenvalue weighted by atomic mass is 10.0. The molecule has 6 nitrogen and oxygen atoms in total. The maximum absolute atomic E-state index is 12.4. The number of aromatic nitrogens is 2. The van der Waals surface area contributed by atoms with Crippen molar-refractivity contribution in [3.8, 4) is 5.75 Å². The molecule has 1 N–H and O–H groups in total. The van der Waals surface area contributed by atoms with Gasteiger partial charge in [-0.15, -0.1) is 0 Å². The highest BCUT2D eigenvalue weighted by atomic mass is 16.5. The van der Waals surface area contributed by atoms with Gasteiger partial charge in [-0.3, -0.25) is 4.79 Å². The third-order valence-electron chi connectivity index (χ3n) is 4.02. The third-order valence-corrected chi connectivity index (χ3v) is 4.02. The zero-order chi connectivity index (χ0) is 16.1. The molecule has 1 aliphatic heterocycles. The first-order chi connectivity index (χ1) is 11.3. The second kappa shape index (κ2) is 7.09. The number of anilines is 1. The summed E-state index contributed by atoms with van der Waals surface area (Å²) in [6, 6.07) is 9.24. The zero-order valence-electron chi connectivity index (χ0n) is 13.1. The fraction of sp³-hybridized carbons (Fsp3) is 0.353. The number of benzene rings is 1. The molecule has 0 bridgehead atoms.